The van der Waals surface area contributed by atoms with Crippen LogP contribution >= 0.6 is 0 Å². The zero-order valence-electron chi connectivity index (χ0n) is 15.9. The SMILES string of the molecule is COC(=O)c1nnn(Cc2ccc(C(=O)Nc3ccc(C(F)(F)F)cc3)nc2)c1C. The van der Waals surface area contributed by atoms with Gasteiger partial charge >= 0.3 is 12.1 Å². The third-order valence-electron chi connectivity index (χ3n) is 4.22. The van der Waals surface area contributed by atoms with E-state index < -0.39 is 23.6 Å². The van der Waals surface area contributed by atoms with Gasteiger partial charge in [-0.15, -0.1) is 5.10 Å². The second-order valence-corrected chi connectivity index (χ2v) is 6.25. The van der Waals surface area contributed by atoms with Crippen LogP contribution in [0.2, 0.25) is 0 Å². The molecule has 8 nitrogen and oxygen atoms in total. The number of benzene rings is 1. The van der Waals surface area contributed by atoms with Crippen LogP contribution in [-0.2, 0) is 17.5 Å². The van der Waals surface area contributed by atoms with E-state index in [2.05, 4.69) is 25.3 Å². The molecule has 30 heavy (non-hydrogen) atoms. The lowest BCUT2D eigenvalue weighted by molar-refractivity contribution is -0.137. The largest absolute Gasteiger partial charge is 0.464 e. The molecule has 0 saturated carbocycles. The molecule has 3 rings (SSSR count). The minimum Gasteiger partial charge on any atom is -0.464 e. The minimum absolute atomic E-state index is 0.0872. The third kappa shape index (κ3) is 4.62. The molecule has 0 radical (unpaired) electrons. The van der Waals surface area contributed by atoms with E-state index in [1.165, 1.54) is 36.2 Å². The van der Waals surface area contributed by atoms with Gasteiger partial charge < -0.3 is 10.1 Å². The van der Waals surface area contributed by atoms with E-state index >= 15 is 0 Å². The fourth-order valence-corrected chi connectivity index (χ4v) is 2.56. The van der Waals surface area contributed by atoms with E-state index in [1.807, 2.05) is 0 Å². The summed E-state index contributed by atoms with van der Waals surface area (Å²) in [6.45, 7) is 1.94. The van der Waals surface area contributed by atoms with E-state index in [-0.39, 0.29) is 23.6 Å². The number of alkyl halides is 3. The van der Waals surface area contributed by atoms with Crippen LogP contribution < -0.4 is 5.32 Å². The number of esters is 1. The Hall–Kier alpha value is -3.76. The molecule has 1 amide bonds. The summed E-state index contributed by atoms with van der Waals surface area (Å²) in [5.74, 6) is -1.15. The Balaban J connectivity index is 1.66. The van der Waals surface area contributed by atoms with Crippen LogP contribution in [0.3, 0.4) is 0 Å². The molecule has 0 unspecified atom stereocenters. The Morgan fingerprint density at radius 1 is 1.13 bits per heavy atom. The summed E-state index contributed by atoms with van der Waals surface area (Å²) in [7, 11) is 1.25. The maximum Gasteiger partial charge on any atom is 0.416 e. The quantitative estimate of drug-likeness (QED) is 0.638. The molecule has 156 valence electrons. The van der Waals surface area contributed by atoms with Crippen molar-refractivity contribution in [2.75, 3.05) is 12.4 Å². The van der Waals surface area contributed by atoms with Gasteiger partial charge in [0.05, 0.1) is 24.9 Å². The molecule has 0 atom stereocenters. The van der Waals surface area contributed by atoms with Crippen LogP contribution in [0.4, 0.5) is 18.9 Å². The van der Waals surface area contributed by atoms with Crippen LogP contribution in [0.25, 0.3) is 0 Å². The zero-order valence-corrected chi connectivity index (χ0v) is 15.9. The zero-order chi connectivity index (χ0) is 21.9. The third-order valence-corrected chi connectivity index (χ3v) is 4.22. The standard InChI is InChI=1S/C19H16F3N5O3/c1-11-16(18(29)30-2)25-26-27(11)10-12-3-8-15(23-9-12)17(28)24-14-6-4-13(5-7-14)19(20,21)22/h3-9H,10H2,1-2H3,(H,24,28). The van der Waals surface area contributed by atoms with Gasteiger partial charge in [0.1, 0.15) is 5.69 Å². The number of carbonyl (C=O) groups is 2. The monoisotopic (exact) mass is 419 g/mol. The molecule has 0 saturated heterocycles. The Morgan fingerprint density at radius 2 is 1.83 bits per heavy atom. The molecule has 0 fully saturated rings. The number of nitrogens with one attached hydrogen (secondary N) is 1. The predicted octanol–water partition coefficient (Wildman–Crippen LogP) is 3.09. The predicted molar refractivity (Wildman–Crippen MR) is 98.8 cm³/mol. The Morgan fingerprint density at radius 3 is 2.40 bits per heavy atom. The summed E-state index contributed by atoms with van der Waals surface area (Å²) >= 11 is 0. The highest BCUT2D eigenvalue weighted by Crippen LogP contribution is 2.29. The van der Waals surface area contributed by atoms with E-state index in [1.54, 1.807) is 13.0 Å². The number of methoxy groups -OCH3 is 1. The summed E-state index contributed by atoms with van der Waals surface area (Å²) < 4.78 is 43.9. The van der Waals surface area contributed by atoms with Gasteiger partial charge in [-0.3, -0.25) is 9.78 Å². The topological polar surface area (TPSA) is 99.0 Å². The van der Waals surface area contributed by atoms with Gasteiger partial charge in [0.2, 0.25) is 0 Å². The molecule has 0 aliphatic heterocycles. The number of hydrogen-bond donors (Lipinski definition) is 1. The summed E-state index contributed by atoms with van der Waals surface area (Å²) in [5, 5.41) is 10.2. The number of carbonyl (C=O) groups excluding carboxylic acids is 2. The smallest absolute Gasteiger partial charge is 0.416 e. The second kappa shape index (κ2) is 8.31. The first kappa shape index (κ1) is 21.0. The van der Waals surface area contributed by atoms with Crippen molar-refractivity contribution in [3.8, 4) is 0 Å². The average molecular weight is 419 g/mol. The molecule has 0 spiro atoms. The Labute approximate surface area is 168 Å². The number of ether oxygens (including phenoxy) is 1. The highest BCUT2D eigenvalue weighted by atomic mass is 19.4. The first-order valence-corrected chi connectivity index (χ1v) is 8.61. The molecular weight excluding hydrogens is 403 g/mol. The first-order valence-electron chi connectivity index (χ1n) is 8.61. The Kier molecular flexibility index (Phi) is 5.81. The van der Waals surface area contributed by atoms with Crippen molar-refractivity contribution in [1.82, 2.24) is 20.0 Å². The molecule has 0 bridgehead atoms. The highest BCUT2D eigenvalue weighted by molar-refractivity contribution is 6.02. The number of pyridine rings is 1. The number of halogens is 3. The number of nitrogens with zero attached hydrogens (tertiary/aromatic N) is 4. The van der Waals surface area contributed by atoms with Crippen molar-refractivity contribution in [1.29, 1.82) is 0 Å². The number of aromatic nitrogens is 4. The van der Waals surface area contributed by atoms with E-state index in [9.17, 15) is 22.8 Å². The number of rotatable bonds is 5. The number of anilines is 1. The van der Waals surface area contributed by atoms with Crippen molar-refractivity contribution in [2.45, 2.75) is 19.6 Å². The van der Waals surface area contributed by atoms with Gasteiger partial charge in [-0.1, -0.05) is 11.3 Å². The van der Waals surface area contributed by atoms with Crippen molar-refractivity contribution < 1.29 is 27.5 Å². The van der Waals surface area contributed by atoms with Gasteiger partial charge in [-0.25, -0.2) is 9.48 Å². The van der Waals surface area contributed by atoms with Crippen molar-refractivity contribution in [3.63, 3.8) is 0 Å². The highest BCUT2D eigenvalue weighted by Gasteiger charge is 2.30. The molecule has 2 heterocycles. The molecule has 0 aliphatic carbocycles. The first-order chi connectivity index (χ1) is 14.2. The van der Waals surface area contributed by atoms with Gasteiger partial charge in [-0.2, -0.15) is 13.2 Å². The molecule has 3 aromatic rings. The molecular formula is C19H16F3N5O3. The van der Waals surface area contributed by atoms with E-state index in [0.717, 1.165) is 12.1 Å². The fourth-order valence-electron chi connectivity index (χ4n) is 2.56. The second-order valence-electron chi connectivity index (χ2n) is 6.25. The van der Waals surface area contributed by atoms with Crippen LogP contribution in [0.5, 0.6) is 0 Å². The molecule has 1 N–H and O–H groups in total. The normalized spacial score (nSPS) is 11.2. The maximum atomic E-state index is 12.6. The van der Waals surface area contributed by atoms with Crippen LogP contribution in [0, 0.1) is 6.92 Å². The molecule has 1 aromatic carbocycles. The maximum absolute atomic E-state index is 12.6. The average Bonchev–Trinajstić information content (AvgIpc) is 3.08. The summed E-state index contributed by atoms with van der Waals surface area (Å²) in [4.78, 5) is 27.9. The van der Waals surface area contributed by atoms with Crippen LogP contribution in [0.1, 0.15) is 37.8 Å². The fraction of sp³-hybridized carbons (Fsp3) is 0.211. The summed E-state index contributed by atoms with van der Waals surface area (Å²) in [6, 6.07) is 7.23. The van der Waals surface area contributed by atoms with Gasteiger partial charge in [-0.05, 0) is 42.8 Å². The lowest BCUT2D eigenvalue weighted by Crippen LogP contribution is -2.14. The molecule has 2 aromatic heterocycles. The van der Waals surface area contributed by atoms with Gasteiger partial charge in [0.15, 0.2) is 5.69 Å². The lowest BCUT2D eigenvalue weighted by Gasteiger charge is -2.09. The lowest BCUT2D eigenvalue weighted by atomic mass is 10.2. The van der Waals surface area contributed by atoms with Crippen molar-refractivity contribution in [3.05, 3.63) is 70.8 Å². The van der Waals surface area contributed by atoms with E-state index in [4.69, 9.17) is 0 Å². The van der Waals surface area contributed by atoms with Gasteiger partial charge in [0.25, 0.3) is 5.91 Å². The van der Waals surface area contributed by atoms with Crippen LogP contribution in [0.15, 0.2) is 42.6 Å². The summed E-state index contributed by atoms with van der Waals surface area (Å²) in [5.41, 5.74) is 0.827. The molecule has 11 heteroatoms. The van der Waals surface area contributed by atoms with Crippen molar-refractivity contribution >= 4 is 17.6 Å². The summed E-state index contributed by atoms with van der Waals surface area (Å²) in [6.07, 6.45) is -2.99. The van der Waals surface area contributed by atoms with Crippen molar-refractivity contribution in [2.24, 2.45) is 0 Å². The Bertz CT molecular complexity index is 1060. The minimum atomic E-state index is -4.44. The number of hydrogen-bond acceptors (Lipinski definition) is 6. The van der Waals surface area contributed by atoms with Crippen LogP contribution in [-0.4, -0.2) is 39.0 Å². The van der Waals surface area contributed by atoms with E-state index in [0.29, 0.717) is 11.3 Å². The molecule has 0 aliphatic rings. The number of amides is 1. The van der Waals surface area contributed by atoms with Gasteiger partial charge in [0, 0.05) is 11.9 Å².